The molecule has 2 rings (SSSR count). The van der Waals surface area contributed by atoms with Gasteiger partial charge in [-0.1, -0.05) is 15.9 Å². The van der Waals surface area contributed by atoms with Crippen LogP contribution in [-0.2, 0) is 4.74 Å². The quantitative estimate of drug-likeness (QED) is 0.726. The van der Waals surface area contributed by atoms with Crippen LogP contribution in [-0.4, -0.2) is 18.1 Å². The molecule has 0 aliphatic rings. The zero-order chi connectivity index (χ0) is 12.6. The van der Waals surface area contributed by atoms with Crippen molar-refractivity contribution in [2.45, 2.75) is 0 Å². The van der Waals surface area contributed by atoms with Gasteiger partial charge in [-0.3, -0.25) is 4.98 Å². The maximum absolute atomic E-state index is 13.6. The summed E-state index contributed by atoms with van der Waals surface area (Å²) in [7, 11) is 1.28. The molecule has 17 heavy (non-hydrogen) atoms. The van der Waals surface area contributed by atoms with Crippen molar-refractivity contribution >= 4 is 48.7 Å². The standard InChI is InChI=1S/C11H6Br2FNO2/c1-17-11(16)7-4-15-10-6(9(7)13)2-5(12)3-8(10)14/h2-4H,1H3. The van der Waals surface area contributed by atoms with Crippen LogP contribution in [0.3, 0.4) is 0 Å². The fourth-order valence-corrected chi connectivity index (χ4v) is 2.44. The molecule has 0 N–H and O–H groups in total. The maximum atomic E-state index is 13.6. The molecule has 1 aromatic heterocycles. The Bertz CT molecular complexity index is 616. The van der Waals surface area contributed by atoms with Crippen molar-refractivity contribution < 1.29 is 13.9 Å². The van der Waals surface area contributed by atoms with Crippen LogP contribution < -0.4 is 0 Å². The van der Waals surface area contributed by atoms with Crippen molar-refractivity contribution in [1.29, 1.82) is 0 Å². The highest BCUT2D eigenvalue weighted by molar-refractivity contribution is 9.11. The van der Waals surface area contributed by atoms with E-state index in [1.54, 1.807) is 6.07 Å². The lowest BCUT2D eigenvalue weighted by Gasteiger charge is -2.06. The summed E-state index contributed by atoms with van der Waals surface area (Å²) in [5, 5.41) is 0.514. The summed E-state index contributed by atoms with van der Waals surface area (Å²) in [5.74, 6) is -0.974. The number of benzene rings is 1. The first-order valence-electron chi connectivity index (χ1n) is 4.56. The summed E-state index contributed by atoms with van der Waals surface area (Å²) in [4.78, 5) is 15.4. The first-order chi connectivity index (χ1) is 8.04. The minimum atomic E-state index is -0.522. The predicted octanol–water partition coefficient (Wildman–Crippen LogP) is 3.69. The van der Waals surface area contributed by atoms with Crippen LogP contribution in [0.5, 0.6) is 0 Å². The van der Waals surface area contributed by atoms with Crippen LogP contribution in [0.2, 0.25) is 0 Å². The lowest BCUT2D eigenvalue weighted by molar-refractivity contribution is 0.0599. The number of carbonyl (C=O) groups excluding carboxylic acids is 1. The molecule has 0 bridgehead atoms. The second-order valence-electron chi connectivity index (χ2n) is 3.26. The van der Waals surface area contributed by atoms with Gasteiger partial charge in [-0.05, 0) is 28.1 Å². The summed E-state index contributed by atoms with van der Waals surface area (Å²) in [5.41, 5.74) is 0.463. The SMILES string of the molecule is COC(=O)c1cnc2c(F)cc(Br)cc2c1Br. The van der Waals surface area contributed by atoms with Gasteiger partial charge in [0.05, 0.1) is 12.7 Å². The van der Waals surface area contributed by atoms with E-state index in [1.807, 2.05) is 0 Å². The van der Waals surface area contributed by atoms with E-state index in [1.165, 1.54) is 19.4 Å². The van der Waals surface area contributed by atoms with Crippen LogP contribution in [0, 0.1) is 5.82 Å². The Morgan fingerprint density at radius 1 is 1.41 bits per heavy atom. The molecule has 0 saturated carbocycles. The van der Waals surface area contributed by atoms with Crippen LogP contribution in [0.25, 0.3) is 10.9 Å². The smallest absolute Gasteiger partial charge is 0.340 e. The van der Waals surface area contributed by atoms with E-state index in [9.17, 15) is 9.18 Å². The van der Waals surface area contributed by atoms with E-state index in [4.69, 9.17) is 0 Å². The number of ether oxygens (including phenoxy) is 1. The van der Waals surface area contributed by atoms with Crippen molar-refractivity contribution in [3.05, 3.63) is 38.7 Å². The number of hydrogen-bond acceptors (Lipinski definition) is 3. The lowest BCUT2D eigenvalue weighted by atomic mass is 10.1. The molecule has 0 amide bonds. The minimum absolute atomic E-state index is 0.202. The Hall–Kier alpha value is -1.01. The summed E-state index contributed by atoms with van der Waals surface area (Å²) in [6.07, 6.45) is 1.29. The van der Waals surface area contributed by atoms with E-state index in [0.29, 0.717) is 14.3 Å². The van der Waals surface area contributed by atoms with Crippen molar-refractivity contribution in [2.75, 3.05) is 7.11 Å². The number of hydrogen-bond donors (Lipinski definition) is 0. The highest BCUT2D eigenvalue weighted by atomic mass is 79.9. The van der Waals surface area contributed by atoms with Gasteiger partial charge in [0, 0.05) is 20.5 Å². The van der Waals surface area contributed by atoms with Gasteiger partial charge in [0.25, 0.3) is 0 Å². The Kier molecular flexibility index (Phi) is 3.44. The van der Waals surface area contributed by atoms with Crippen molar-refractivity contribution in [3.63, 3.8) is 0 Å². The summed E-state index contributed by atoms with van der Waals surface area (Å²) in [6.45, 7) is 0. The molecule has 0 aliphatic heterocycles. The zero-order valence-corrected chi connectivity index (χ0v) is 11.8. The van der Waals surface area contributed by atoms with Gasteiger partial charge < -0.3 is 4.74 Å². The molecule has 0 spiro atoms. The number of carbonyl (C=O) groups is 1. The molecule has 0 atom stereocenters. The largest absolute Gasteiger partial charge is 0.465 e. The molecule has 88 valence electrons. The van der Waals surface area contributed by atoms with E-state index in [0.717, 1.165) is 0 Å². The molecule has 0 radical (unpaired) electrons. The number of pyridine rings is 1. The molecule has 1 heterocycles. The summed E-state index contributed by atoms with van der Waals surface area (Å²) in [6, 6.07) is 3.00. The highest BCUT2D eigenvalue weighted by Crippen LogP contribution is 2.30. The number of halogens is 3. The molecule has 0 unspecified atom stereocenters. The second kappa shape index (κ2) is 4.70. The summed E-state index contributed by atoms with van der Waals surface area (Å²) < 4.78 is 19.3. The third-order valence-corrected chi connectivity index (χ3v) is 3.54. The molecule has 0 saturated heterocycles. The van der Waals surface area contributed by atoms with Crippen molar-refractivity contribution in [2.24, 2.45) is 0 Å². The average molecular weight is 363 g/mol. The van der Waals surface area contributed by atoms with E-state index in [2.05, 4.69) is 41.6 Å². The van der Waals surface area contributed by atoms with Gasteiger partial charge >= 0.3 is 5.97 Å². The van der Waals surface area contributed by atoms with Crippen molar-refractivity contribution in [1.82, 2.24) is 4.98 Å². The zero-order valence-electron chi connectivity index (χ0n) is 8.63. The maximum Gasteiger partial charge on any atom is 0.340 e. The van der Waals surface area contributed by atoms with Gasteiger partial charge in [-0.25, -0.2) is 9.18 Å². The number of methoxy groups -OCH3 is 1. The number of esters is 1. The molecule has 1 aromatic carbocycles. The van der Waals surface area contributed by atoms with Crippen molar-refractivity contribution in [3.8, 4) is 0 Å². The number of rotatable bonds is 1. The van der Waals surface area contributed by atoms with Crippen LogP contribution in [0.15, 0.2) is 27.3 Å². The Labute approximate surface area is 113 Å². The second-order valence-corrected chi connectivity index (χ2v) is 4.97. The third-order valence-electron chi connectivity index (χ3n) is 2.23. The monoisotopic (exact) mass is 361 g/mol. The molecule has 0 fully saturated rings. The Balaban J connectivity index is 2.79. The highest BCUT2D eigenvalue weighted by Gasteiger charge is 2.16. The van der Waals surface area contributed by atoms with Crippen LogP contribution in [0.4, 0.5) is 4.39 Å². The predicted molar refractivity (Wildman–Crippen MR) is 68.4 cm³/mol. The average Bonchev–Trinajstić information content (AvgIpc) is 2.29. The molecule has 0 aliphatic carbocycles. The molecular formula is C11H6Br2FNO2. The van der Waals surface area contributed by atoms with Gasteiger partial charge in [-0.2, -0.15) is 0 Å². The Morgan fingerprint density at radius 2 is 2.12 bits per heavy atom. The minimum Gasteiger partial charge on any atom is -0.465 e. The third kappa shape index (κ3) is 2.19. The fraction of sp³-hybridized carbons (Fsp3) is 0.0909. The van der Waals surface area contributed by atoms with Crippen LogP contribution >= 0.6 is 31.9 Å². The molecule has 6 heteroatoms. The topological polar surface area (TPSA) is 39.2 Å². The van der Waals surface area contributed by atoms with Crippen LogP contribution in [0.1, 0.15) is 10.4 Å². The van der Waals surface area contributed by atoms with Gasteiger partial charge in [0.1, 0.15) is 5.52 Å². The number of nitrogens with zero attached hydrogens (tertiary/aromatic N) is 1. The van der Waals surface area contributed by atoms with E-state index in [-0.39, 0.29) is 11.1 Å². The van der Waals surface area contributed by atoms with Gasteiger partial charge in [0.15, 0.2) is 5.82 Å². The lowest BCUT2D eigenvalue weighted by Crippen LogP contribution is -2.04. The molecule has 2 aromatic rings. The fourth-order valence-electron chi connectivity index (χ4n) is 1.45. The Morgan fingerprint density at radius 3 is 2.76 bits per heavy atom. The molecular weight excluding hydrogens is 357 g/mol. The van der Waals surface area contributed by atoms with Gasteiger partial charge in [0.2, 0.25) is 0 Å². The summed E-state index contributed by atoms with van der Waals surface area (Å²) >= 11 is 6.45. The first-order valence-corrected chi connectivity index (χ1v) is 6.14. The number of aromatic nitrogens is 1. The molecule has 3 nitrogen and oxygen atoms in total. The first kappa shape index (κ1) is 12.4. The van der Waals surface area contributed by atoms with E-state index >= 15 is 0 Å². The van der Waals surface area contributed by atoms with Gasteiger partial charge in [-0.15, -0.1) is 0 Å². The number of fused-ring (bicyclic) bond motifs is 1. The normalized spacial score (nSPS) is 10.6. The van der Waals surface area contributed by atoms with E-state index < -0.39 is 11.8 Å².